The van der Waals surface area contributed by atoms with E-state index in [0.717, 1.165) is 5.56 Å². The molecule has 0 heterocycles. The molecule has 4 heteroatoms. The molecule has 1 N–H and O–H groups in total. The molecule has 1 atom stereocenters. The molecule has 0 aliphatic rings. The Balaban J connectivity index is 2.14. The lowest BCUT2D eigenvalue weighted by Crippen LogP contribution is -2.31. The first-order valence-electron chi connectivity index (χ1n) is 7.66. The first-order chi connectivity index (χ1) is 11.1. The monoisotopic (exact) mass is 311 g/mol. The Morgan fingerprint density at radius 3 is 2.09 bits per heavy atom. The molecular formula is C19H21NO3. The fourth-order valence-electron chi connectivity index (χ4n) is 2.25. The molecule has 1 amide bonds. The Kier molecular flexibility index (Phi) is 5.92. The van der Waals surface area contributed by atoms with Crippen LogP contribution in [-0.2, 0) is 9.53 Å². The summed E-state index contributed by atoms with van der Waals surface area (Å²) in [7, 11) is 0. The van der Waals surface area contributed by atoms with E-state index in [-0.39, 0.29) is 24.4 Å². The van der Waals surface area contributed by atoms with Crippen molar-refractivity contribution in [1.29, 1.82) is 0 Å². The van der Waals surface area contributed by atoms with Gasteiger partial charge in [-0.1, -0.05) is 48.5 Å². The average Bonchev–Trinajstić information content (AvgIpc) is 2.55. The Bertz CT molecular complexity index is 638. The summed E-state index contributed by atoms with van der Waals surface area (Å²) in [6, 6.07) is 18.0. The summed E-state index contributed by atoms with van der Waals surface area (Å²) in [6.45, 7) is 3.61. The lowest BCUT2D eigenvalue weighted by Gasteiger charge is -2.19. The van der Waals surface area contributed by atoms with Gasteiger partial charge in [-0.15, -0.1) is 0 Å². The number of nitrogens with one attached hydrogen (secondary N) is 1. The number of rotatable bonds is 6. The van der Waals surface area contributed by atoms with Crippen molar-refractivity contribution in [3.8, 4) is 0 Å². The van der Waals surface area contributed by atoms with Gasteiger partial charge < -0.3 is 10.1 Å². The molecule has 120 valence electrons. The molecule has 2 aromatic rings. The minimum atomic E-state index is -0.421. The van der Waals surface area contributed by atoms with Crippen LogP contribution < -0.4 is 5.32 Å². The smallest absolute Gasteiger partial charge is 0.308 e. The highest BCUT2D eigenvalue weighted by Crippen LogP contribution is 2.18. The van der Waals surface area contributed by atoms with E-state index in [9.17, 15) is 9.59 Å². The van der Waals surface area contributed by atoms with Crippen LogP contribution in [-0.4, -0.2) is 18.0 Å². The average molecular weight is 311 g/mol. The molecule has 0 aliphatic heterocycles. The third kappa shape index (κ3) is 5.25. The number of carbonyl (C=O) groups is 2. The standard InChI is InChI=1S/C19H21NO3/c1-14(2)23-18(21)13-17(15-9-5-3-6-10-15)20-19(22)16-11-7-4-8-12-16/h3-12,14,17H,13H2,1-2H3,(H,20,22). The summed E-state index contributed by atoms with van der Waals surface area (Å²) in [5.41, 5.74) is 1.43. The highest BCUT2D eigenvalue weighted by Gasteiger charge is 2.20. The van der Waals surface area contributed by atoms with Crippen molar-refractivity contribution in [3.63, 3.8) is 0 Å². The normalized spacial score (nSPS) is 11.8. The molecule has 0 aliphatic carbocycles. The molecule has 0 fully saturated rings. The van der Waals surface area contributed by atoms with Crippen molar-refractivity contribution in [3.05, 3.63) is 71.8 Å². The van der Waals surface area contributed by atoms with Gasteiger partial charge in [0.2, 0.25) is 0 Å². The Morgan fingerprint density at radius 1 is 0.957 bits per heavy atom. The van der Waals surface area contributed by atoms with Crippen LogP contribution in [0.1, 0.15) is 42.2 Å². The summed E-state index contributed by atoms with van der Waals surface area (Å²) in [5, 5.41) is 2.91. The second-order valence-electron chi connectivity index (χ2n) is 5.55. The van der Waals surface area contributed by atoms with Crippen molar-refractivity contribution in [1.82, 2.24) is 5.32 Å². The van der Waals surface area contributed by atoms with E-state index in [1.54, 1.807) is 38.1 Å². The van der Waals surface area contributed by atoms with Gasteiger partial charge in [0.25, 0.3) is 5.91 Å². The minimum Gasteiger partial charge on any atom is -0.463 e. The van der Waals surface area contributed by atoms with Crippen molar-refractivity contribution in [2.75, 3.05) is 0 Å². The Labute approximate surface area is 136 Å². The van der Waals surface area contributed by atoms with E-state index in [2.05, 4.69) is 5.32 Å². The van der Waals surface area contributed by atoms with E-state index >= 15 is 0 Å². The zero-order valence-corrected chi connectivity index (χ0v) is 13.4. The molecule has 0 spiro atoms. The van der Waals surface area contributed by atoms with Gasteiger partial charge >= 0.3 is 5.97 Å². The van der Waals surface area contributed by atoms with E-state index < -0.39 is 6.04 Å². The molecular weight excluding hydrogens is 290 g/mol. The third-order valence-corrected chi connectivity index (χ3v) is 3.28. The maximum Gasteiger partial charge on any atom is 0.308 e. The van der Waals surface area contributed by atoms with Crippen molar-refractivity contribution in [2.45, 2.75) is 32.4 Å². The van der Waals surface area contributed by atoms with Crippen molar-refractivity contribution >= 4 is 11.9 Å². The molecule has 2 rings (SSSR count). The zero-order chi connectivity index (χ0) is 16.7. The number of esters is 1. The fraction of sp³-hybridized carbons (Fsp3) is 0.263. The number of carbonyl (C=O) groups excluding carboxylic acids is 2. The van der Waals surface area contributed by atoms with E-state index in [1.165, 1.54) is 0 Å². The van der Waals surface area contributed by atoms with Gasteiger partial charge in [0.15, 0.2) is 0 Å². The van der Waals surface area contributed by atoms with Crippen LogP contribution in [0, 0.1) is 0 Å². The van der Waals surface area contributed by atoms with Gasteiger partial charge in [0, 0.05) is 5.56 Å². The second kappa shape index (κ2) is 8.13. The Morgan fingerprint density at radius 2 is 1.52 bits per heavy atom. The molecule has 1 unspecified atom stereocenters. The number of ether oxygens (including phenoxy) is 1. The number of hydrogen-bond acceptors (Lipinski definition) is 3. The predicted molar refractivity (Wildman–Crippen MR) is 88.9 cm³/mol. The summed E-state index contributed by atoms with van der Waals surface area (Å²) in [5.74, 6) is -0.543. The summed E-state index contributed by atoms with van der Waals surface area (Å²) < 4.78 is 5.20. The minimum absolute atomic E-state index is 0.0980. The summed E-state index contributed by atoms with van der Waals surface area (Å²) >= 11 is 0. The largest absolute Gasteiger partial charge is 0.463 e. The third-order valence-electron chi connectivity index (χ3n) is 3.28. The van der Waals surface area contributed by atoms with Crippen LogP contribution in [0.15, 0.2) is 60.7 Å². The molecule has 0 radical (unpaired) electrons. The first kappa shape index (κ1) is 16.7. The predicted octanol–water partition coefficient (Wildman–Crippen LogP) is 3.50. The van der Waals surface area contributed by atoms with Crippen LogP contribution in [0.25, 0.3) is 0 Å². The molecule has 0 saturated carbocycles. The number of amides is 1. The molecule has 4 nitrogen and oxygen atoms in total. The molecule has 23 heavy (non-hydrogen) atoms. The fourth-order valence-corrected chi connectivity index (χ4v) is 2.25. The highest BCUT2D eigenvalue weighted by atomic mass is 16.5. The second-order valence-corrected chi connectivity index (χ2v) is 5.55. The van der Waals surface area contributed by atoms with E-state index in [1.807, 2.05) is 36.4 Å². The van der Waals surface area contributed by atoms with Gasteiger partial charge in [-0.25, -0.2) is 0 Å². The van der Waals surface area contributed by atoms with E-state index in [4.69, 9.17) is 4.74 Å². The summed E-state index contributed by atoms with van der Waals surface area (Å²) in [6.07, 6.45) is -0.0791. The van der Waals surface area contributed by atoms with Crippen LogP contribution in [0.2, 0.25) is 0 Å². The highest BCUT2D eigenvalue weighted by molar-refractivity contribution is 5.94. The molecule has 0 aromatic heterocycles. The van der Waals surface area contributed by atoms with E-state index in [0.29, 0.717) is 5.56 Å². The van der Waals surface area contributed by atoms with Crippen LogP contribution in [0.4, 0.5) is 0 Å². The first-order valence-corrected chi connectivity index (χ1v) is 7.66. The molecule has 0 saturated heterocycles. The lowest BCUT2D eigenvalue weighted by atomic mass is 10.0. The van der Waals surface area contributed by atoms with Gasteiger partial charge in [-0.3, -0.25) is 9.59 Å². The maximum absolute atomic E-state index is 12.4. The van der Waals surface area contributed by atoms with Crippen molar-refractivity contribution in [2.24, 2.45) is 0 Å². The molecule has 0 bridgehead atoms. The maximum atomic E-state index is 12.4. The number of hydrogen-bond donors (Lipinski definition) is 1. The SMILES string of the molecule is CC(C)OC(=O)CC(NC(=O)c1ccccc1)c1ccccc1. The Hall–Kier alpha value is -2.62. The van der Waals surface area contributed by atoms with Crippen LogP contribution >= 0.6 is 0 Å². The van der Waals surface area contributed by atoms with Gasteiger partial charge in [-0.05, 0) is 31.5 Å². The quantitative estimate of drug-likeness (QED) is 0.831. The number of benzene rings is 2. The van der Waals surface area contributed by atoms with Gasteiger partial charge in [0.1, 0.15) is 0 Å². The van der Waals surface area contributed by atoms with Gasteiger partial charge in [0.05, 0.1) is 18.6 Å². The van der Waals surface area contributed by atoms with Gasteiger partial charge in [-0.2, -0.15) is 0 Å². The molecule has 2 aromatic carbocycles. The topological polar surface area (TPSA) is 55.4 Å². The van der Waals surface area contributed by atoms with Crippen molar-refractivity contribution < 1.29 is 14.3 Å². The van der Waals surface area contributed by atoms with Crippen LogP contribution in [0.5, 0.6) is 0 Å². The summed E-state index contributed by atoms with van der Waals surface area (Å²) in [4.78, 5) is 24.4. The lowest BCUT2D eigenvalue weighted by molar-refractivity contribution is -0.147. The zero-order valence-electron chi connectivity index (χ0n) is 13.4. The van der Waals surface area contributed by atoms with Crippen LogP contribution in [0.3, 0.4) is 0 Å².